The van der Waals surface area contributed by atoms with Crippen molar-refractivity contribution in [3.63, 3.8) is 0 Å². The summed E-state index contributed by atoms with van der Waals surface area (Å²) in [7, 11) is 2.03. The van der Waals surface area contributed by atoms with Crippen molar-refractivity contribution in [3.05, 3.63) is 70.3 Å². The minimum Gasteiger partial charge on any atom is -0.319 e. The molecule has 1 N–H and O–H groups in total. The fourth-order valence-corrected chi connectivity index (χ4v) is 3.06. The second kappa shape index (κ2) is 6.71. The average molecular weight is 267 g/mol. The normalized spacial score (nSPS) is 12.4. The Kier molecular flexibility index (Phi) is 4.97. The maximum atomic E-state index is 3.34. The van der Waals surface area contributed by atoms with Gasteiger partial charge in [0.25, 0.3) is 0 Å². The maximum absolute atomic E-state index is 3.34. The highest BCUT2D eigenvalue weighted by Gasteiger charge is 2.14. The lowest BCUT2D eigenvalue weighted by atomic mass is 9.87. The summed E-state index contributed by atoms with van der Waals surface area (Å²) >= 11 is 0. The molecule has 0 amide bonds. The van der Waals surface area contributed by atoms with Crippen LogP contribution in [0.4, 0.5) is 0 Å². The van der Waals surface area contributed by atoms with Crippen molar-refractivity contribution in [1.82, 2.24) is 5.32 Å². The van der Waals surface area contributed by atoms with Crippen molar-refractivity contribution in [1.29, 1.82) is 0 Å². The summed E-state index contributed by atoms with van der Waals surface area (Å²) in [4.78, 5) is 0. The molecular weight excluding hydrogens is 242 g/mol. The number of likely N-dealkylation sites (N-methyl/N-ethyl adjacent to an activating group) is 1. The molecule has 0 spiro atoms. The molecule has 20 heavy (non-hydrogen) atoms. The van der Waals surface area contributed by atoms with E-state index < -0.39 is 0 Å². The Balaban J connectivity index is 2.30. The molecule has 0 saturated carbocycles. The van der Waals surface area contributed by atoms with Gasteiger partial charge in [-0.25, -0.2) is 0 Å². The maximum Gasteiger partial charge on any atom is 0.00203 e. The van der Waals surface area contributed by atoms with Crippen LogP contribution in [-0.4, -0.2) is 13.6 Å². The minimum atomic E-state index is 0.529. The lowest BCUT2D eigenvalue weighted by molar-refractivity contribution is 0.623. The molecule has 0 aromatic heterocycles. The SMILES string of the molecule is CNCC(Cc1c(C)cc(C)cc1C)c1ccccc1. The van der Waals surface area contributed by atoms with Gasteiger partial charge in [0.1, 0.15) is 0 Å². The van der Waals surface area contributed by atoms with Gasteiger partial charge in [-0.15, -0.1) is 0 Å². The third-order valence-corrected chi connectivity index (χ3v) is 4.01. The zero-order chi connectivity index (χ0) is 14.5. The summed E-state index contributed by atoms with van der Waals surface area (Å²) in [6, 6.07) is 15.4. The van der Waals surface area contributed by atoms with E-state index in [0.29, 0.717) is 5.92 Å². The predicted molar refractivity (Wildman–Crippen MR) is 87.5 cm³/mol. The van der Waals surface area contributed by atoms with E-state index >= 15 is 0 Å². The second-order valence-corrected chi connectivity index (χ2v) is 5.75. The van der Waals surface area contributed by atoms with Crippen molar-refractivity contribution in [2.45, 2.75) is 33.1 Å². The largest absolute Gasteiger partial charge is 0.319 e. The molecule has 0 aliphatic rings. The number of nitrogens with one attached hydrogen (secondary N) is 1. The van der Waals surface area contributed by atoms with Gasteiger partial charge < -0.3 is 5.32 Å². The molecule has 1 heteroatoms. The smallest absolute Gasteiger partial charge is 0.00203 e. The highest BCUT2D eigenvalue weighted by Crippen LogP contribution is 2.25. The highest BCUT2D eigenvalue weighted by atomic mass is 14.8. The fourth-order valence-electron chi connectivity index (χ4n) is 3.06. The molecule has 106 valence electrons. The van der Waals surface area contributed by atoms with E-state index in [0.717, 1.165) is 13.0 Å². The van der Waals surface area contributed by atoms with Crippen LogP contribution in [-0.2, 0) is 6.42 Å². The fraction of sp³-hybridized carbons (Fsp3) is 0.368. The zero-order valence-electron chi connectivity index (χ0n) is 13.0. The van der Waals surface area contributed by atoms with Crippen molar-refractivity contribution >= 4 is 0 Å². The Morgan fingerprint density at radius 3 is 2.10 bits per heavy atom. The highest BCUT2D eigenvalue weighted by molar-refractivity contribution is 5.39. The van der Waals surface area contributed by atoms with Crippen molar-refractivity contribution in [2.75, 3.05) is 13.6 Å². The number of benzene rings is 2. The monoisotopic (exact) mass is 267 g/mol. The number of rotatable bonds is 5. The lowest BCUT2D eigenvalue weighted by Crippen LogP contribution is -2.20. The first-order valence-corrected chi connectivity index (χ1v) is 7.38. The molecule has 0 radical (unpaired) electrons. The summed E-state index contributed by atoms with van der Waals surface area (Å²) in [5.41, 5.74) is 7.11. The molecule has 0 saturated heterocycles. The molecule has 0 aliphatic heterocycles. The third-order valence-electron chi connectivity index (χ3n) is 4.01. The van der Waals surface area contributed by atoms with Crippen LogP contribution >= 0.6 is 0 Å². The van der Waals surface area contributed by atoms with E-state index in [4.69, 9.17) is 0 Å². The second-order valence-electron chi connectivity index (χ2n) is 5.75. The molecule has 0 bridgehead atoms. The summed E-state index contributed by atoms with van der Waals surface area (Å²) in [5, 5.41) is 3.34. The van der Waals surface area contributed by atoms with Crippen LogP contribution in [0.25, 0.3) is 0 Å². The van der Waals surface area contributed by atoms with E-state index in [1.807, 2.05) is 7.05 Å². The minimum absolute atomic E-state index is 0.529. The summed E-state index contributed by atoms with van der Waals surface area (Å²) in [5.74, 6) is 0.529. The Morgan fingerprint density at radius 1 is 0.950 bits per heavy atom. The van der Waals surface area contributed by atoms with Crippen LogP contribution in [0.15, 0.2) is 42.5 Å². The molecular formula is C19H25N. The van der Waals surface area contributed by atoms with Crippen LogP contribution in [0.3, 0.4) is 0 Å². The predicted octanol–water partition coefficient (Wildman–Crippen LogP) is 4.16. The number of aryl methyl sites for hydroxylation is 3. The van der Waals surface area contributed by atoms with Crippen LogP contribution in [0, 0.1) is 20.8 Å². The van der Waals surface area contributed by atoms with Crippen molar-refractivity contribution < 1.29 is 0 Å². The van der Waals surface area contributed by atoms with Crippen LogP contribution in [0.5, 0.6) is 0 Å². The van der Waals surface area contributed by atoms with Gasteiger partial charge in [0.05, 0.1) is 0 Å². The van der Waals surface area contributed by atoms with Gasteiger partial charge in [0.15, 0.2) is 0 Å². The molecule has 2 aromatic rings. The molecule has 0 heterocycles. The van der Waals surface area contributed by atoms with Crippen molar-refractivity contribution in [3.8, 4) is 0 Å². The average Bonchev–Trinajstić information content (AvgIpc) is 2.42. The van der Waals surface area contributed by atoms with Crippen molar-refractivity contribution in [2.24, 2.45) is 0 Å². The molecule has 1 unspecified atom stereocenters. The lowest BCUT2D eigenvalue weighted by Gasteiger charge is -2.20. The van der Waals surface area contributed by atoms with Crippen LogP contribution < -0.4 is 5.32 Å². The number of hydrogen-bond donors (Lipinski definition) is 1. The summed E-state index contributed by atoms with van der Waals surface area (Å²) < 4.78 is 0. The van der Waals surface area contributed by atoms with E-state index in [-0.39, 0.29) is 0 Å². The van der Waals surface area contributed by atoms with Crippen LogP contribution in [0.2, 0.25) is 0 Å². The quantitative estimate of drug-likeness (QED) is 0.858. The van der Waals surface area contributed by atoms with Gasteiger partial charge in [-0.3, -0.25) is 0 Å². The van der Waals surface area contributed by atoms with E-state index in [9.17, 15) is 0 Å². The molecule has 1 atom stereocenters. The Hall–Kier alpha value is -1.60. The number of hydrogen-bond acceptors (Lipinski definition) is 1. The van der Waals surface area contributed by atoms with Gasteiger partial charge in [-0.05, 0) is 56.5 Å². The van der Waals surface area contributed by atoms with Gasteiger partial charge >= 0.3 is 0 Å². The topological polar surface area (TPSA) is 12.0 Å². The first kappa shape index (κ1) is 14.8. The molecule has 1 nitrogen and oxygen atoms in total. The molecule has 0 aliphatic carbocycles. The van der Waals surface area contributed by atoms with E-state index in [2.05, 4.69) is 68.6 Å². The first-order valence-electron chi connectivity index (χ1n) is 7.38. The van der Waals surface area contributed by atoms with E-state index in [1.54, 1.807) is 0 Å². The van der Waals surface area contributed by atoms with Gasteiger partial charge in [0, 0.05) is 12.5 Å². The van der Waals surface area contributed by atoms with Gasteiger partial charge in [0.2, 0.25) is 0 Å². The third kappa shape index (κ3) is 3.49. The standard InChI is InChI=1S/C19H25N/c1-14-10-15(2)19(16(3)11-14)12-18(13-20-4)17-8-6-5-7-9-17/h5-11,18,20H,12-13H2,1-4H3. The first-order chi connectivity index (χ1) is 9.61. The van der Waals surface area contributed by atoms with Gasteiger partial charge in [-0.2, -0.15) is 0 Å². The Morgan fingerprint density at radius 2 is 1.55 bits per heavy atom. The molecule has 2 aromatic carbocycles. The summed E-state index contributed by atoms with van der Waals surface area (Å²) in [6.45, 7) is 7.65. The van der Waals surface area contributed by atoms with Crippen LogP contribution in [0.1, 0.15) is 33.7 Å². The zero-order valence-corrected chi connectivity index (χ0v) is 13.0. The van der Waals surface area contributed by atoms with Gasteiger partial charge in [-0.1, -0.05) is 48.0 Å². The molecule has 0 fully saturated rings. The Bertz CT molecular complexity index is 534. The summed E-state index contributed by atoms with van der Waals surface area (Å²) in [6.07, 6.45) is 1.10. The Labute approximate surface area is 123 Å². The molecule has 2 rings (SSSR count). The van der Waals surface area contributed by atoms with E-state index in [1.165, 1.54) is 27.8 Å².